The van der Waals surface area contributed by atoms with Crippen molar-refractivity contribution >= 4 is 63.9 Å². The molecule has 4 amide bonds. The molecule has 0 spiro atoms. The molecular formula is C39H29Cl2N3O8. The number of fused-ring (bicyclic) bond motifs is 4. The number of carbonyl (C=O) groups excluding carboxylic acids is 4. The summed E-state index contributed by atoms with van der Waals surface area (Å²) in [4.78, 5) is 71.7. The zero-order valence-electron chi connectivity index (χ0n) is 27.4. The van der Waals surface area contributed by atoms with Crippen LogP contribution in [0, 0.1) is 33.8 Å². The smallest absolute Gasteiger partial charge is 0.269 e. The lowest BCUT2D eigenvalue weighted by Crippen LogP contribution is -2.53. The molecule has 2 saturated heterocycles. The molecule has 6 atom stereocenters. The van der Waals surface area contributed by atoms with Crippen LogP contribution in [0.1, 0.15) is 29.9 Å². The van der Waals surface area contributed by atoms with Gasteiger partial charge in [-0.3, -0.25) is 34.2 Å². The maximum absolute atomic E-state index is 15.3. The van der Waals surface area contributed by atoms with Crippen molar-refractivity contribution in [3.63, 3.8) is 0 Å². The Kier molecular flexibility index (Phi) is 7.96. The van der Waals surface area contributed by atoms with E-state index in [1.807, 2.05) is 12.1 Å². The highest BCUT2D eigenvalue weighted by Gasteiger charge is 2.70. The SMILES string of the molecule is COc1cc([C@H]2C3=CC[C@@H]4C(=O)N(c5ccc([N+](=O)[O-])cc5)C(=O)[C@@H]4[C@@H]3C[C@H]3C(=O)N(c4cccc(Cl)c4)C(=O)[C@@]23c2ccccc2)cc(Cl)c1O. The van der Waals surface area contributed by atoms with Crippen LogP contribution in [0.4, 0.5) is 17.1 Å². The third-order valence-electron chi connectivity index (χ3n) is 11.1. The van der Waals surface area contributed by atoms with E-state index in [-0.39, 0.29) is 40.7 Å². The molecule has 1 saturated carbocycles. The van der Waals surface area contributed by atoms with Gasteiger partial charge in [0.05, 0.1) is 51.6 Å². The minimum Gasteiger partial charge on any atom is -0.503 e. The van der Waals surface area contributed by atoms with Crippen molar-refractivity contribution in [2.24, 2.45) is 23.7 Å². The van der Waals surface area contributed by atoms with Gasteiger partial charge in [0.25, 0.3) is 5.69 Å². The summed E-state index contributed by atoms with van der Waals surface area (Å²) >= 11 is 13.0. The highest BCUT2D eigenvalue weighted by atomic mass is 35.5. The number of nitro groups is 1. The number of halogens is 2. The van der Waals surface area contributed by atoms with Crippen molar-refractivity contribution in [3.8, 4) is 11.5 Å². The molecule has 2 aliphatic carbocycles. The lowest BCUT2D eigenvalue weighted by atomic mass is 9.49. The number of benzene rings is 4. The van der Waals surface area contributed by atoms with Crippen LogP contribution in [-0.2, 0) is 24.6 Å². The molecule has 4 aromatic rings. The minimum absolute atomic E-state index is 0.0366. The molecule has 0 bridgehead atoms. The highest BCUT2D eigenvalue weighted by Crippen LogP contribution is 2.65. The fourth-order valence-corrected chi connectivity index (χ4v) is 9.42. The van der Waals surface area contributed by atoms with E-state index >= 15 is 4.79 Å². The van der Waals surface area contributed by atoms with Crippen LogP contribution in [0.25, 0.3) is 0 Å². The van der Waals surface area contributed by atoms with Crippen molar-refractivity contribution in [2.75, 3.05) is 16.9 Å². The van der Waals surface area contributed by atoms with Gasteiger partial charge in [0.15, 0.2) is 11.5 Å². The van der Waals surface area contributed by atoms with E-state index in [0.717, 1.165) is 9.80 Å². The largest absolute Gasteiger partial charge is 0.503 e. The van der Waals surface area contributed by atoms with E-state index in [9.17, 15) is 29.6 Å². The molecule has 0 unspecified atom stereocenters. The number of allylic oxidation sites excluding steroid dienone is 2. The number of rotatable bonds is 6. The summed E-state index contributed by atoms with van der Waals surface area (Å²) in [5, 5.41) is 22.4. The van der Waals surface area contributed by atoms with E-state index in [2.05, 4.69) is 0 Å². The molecule has 4 aliphatic rings. The molecular weight excluding hydrogens is 709 g/mol. The third-order valence-corrected chi connectivity index (χ3v) is 11.6. The lowest BCUT2D eigenvalue weighted by Gasteiger charge is -2.50. The topological polar surface area (TPSA) is 147 Å². The maximum Gasteiger partial charge on any atom is 0.269 e. The average molecular weight is 739 g/mol. The number of nitrogens with zero attached hydrogens (tertiary/aromatic N) is 3. The van der Waals surface area contributed by atoms with Gasteiger partial charge >= 0.3 is 0 Å². The molecule has 13 heteroatoms. The number of ether oxygens (including phenoxy) is 1. The van der Waals surface area contributed by atoms with Crippen molar-refractivity contribution < 1.29 is 33.9 Å². The predicted octanol–water partition coefficient (Wildman–Crippen LogP) is 6.98. The highest BCUT2D eigenvalue weighted by molar-refractivity contribution is 6.33. The maximum atomic E-state index is 15.3. The molecule has 3 fully saturated rings. The molecule has 4 aromatic carbocycles. The predicted molar refractivity (Wildman–Crippen MR) is 191 cm³/mol. The normalized spacial score (nSPS) is 26.5. The van der Waals surface area contributed by atoms with Gasteiger partial charge in [-0.2, -0.15) is 0 Å². The van der Waals surface area contributed by atoms with E-state index in [4.69, 9.17) is 27.9 Å². The molecule has 0 aromatic heterocycles. The second-order valence-corrected chi connectivity index (χ2v) is 14.3. The number of non-ortho nitro benzene ring substituents is 1. The van der Waals surface area contributed by atoms with Gasteiger partial charge in [-0.1, -0.05) is 71.2 Å². The second kappa shape index (κ2) is 12.3. The Hall–Kier alpha value is -5.52. The van der Waals surface area contributed by atoms with E-state index in [0.29, 0.717) is 27.4 Å². The van der Waals surface area contributed by atoms with Gasteiger partial charge in [0.1, 0.15) is 0 Å². The number of methoxy groups -OCH3 is 1. The van der Waals surface area contributed by atoms with Crippen LogP contribution in [0.15, 0.2) is 103 Å². The van der Waals surface area contributed by atoms with Crippen molar-refractivity contribution in [3.05, 3.63) is 134 Å². The van der Waals surface area contributed by atoms with Gasteiger partial charge in [-0.25, -0.2) is 4.90 Å². The third kappa shape index (κ3) is 4.72. The number of anilines is 2. The molecule has 262 valence electrons. The zero-order valence-corrected chi connectivity index (χ0v) is 29.0. The number of phenolic OH excluding ortho intramolecular Hbond substituents is 1. The van der Waals surface area contributed by atoms with Gasteiger partial charge in [0, 0.05) is 23.1 Å². The first-order valence-corrected chi connectivity index (χ1v) is 17.3. The van der Waals surface area contributed by atoms with Crippen LogP contribution in [-0.4, -0.2) is 40.8 Å². The van der Waals surface area contributed by atoms with Crippen LogP contribution in [0.2, 0.25) is 10.0 Å². The summed E-state index contributed by atoms with van der Waals surface area (Å²) in [6.45, 7) is 0. The fraction of sp³-hybridized carbons (Fsp3) is 0.231. The van der Waals surface area contributed by atoms with Crippen LogP contribution in [0.3, 0.4) is 0 Å². The summed E-state index contributed by atoms with van der Waals surface area (Å²) in [6.07, 6.45) is 2.13. The molecule has 8 rings (SSSR count). The molecule has 2 aliphatic heterocycles. The van der Waals surface area contributed by atoms with Crippen LogP contribution in [0.5, 0.6) is 11.5 Å². The molecule has 2 heterocycles. The summed E-state index contributed by atoms with van der Waals surface area (Å²) in [6, 6.07) is 23.8. The lowest BCUT2D eigenvalue weighted by molar-refractivity contribution is -0.384. The van der Waals surface area contributed by atoms with Crippen molar-refractivity contribution in [1.29, 1.82) is 0 Å². The van der Waals surface area contributed by atoms with Gasteiger partial charge in [-0.15, -0.1) is 0 Å². The van der Waals surface area contributed by atoms with Crippen LogP contribution < -0.4 is 14.5 Å². The van der Waals surface area contributed by atoms with E-state index < -0.39 is 63.6 Å². The quantitative estimate of drug-likeness (QED) is 0.0965. The standard InChI is InChI=1S/C39H29Cl2N3O8/c1-52-31-17-20(16-30(41)34(31)45)33-26-14-15-27-32(37(48)42(35(27)46)23-10-12-24(13-11-23)44(50)51)28(26)19-29-36(47)43(25-9-5-8-22(40)18-25)38(49)39(29,33)21-6-3-2-4-7-21/h2-14,16-18,27-29,32-33,45H,15,19H2,1H3/t27-,28+,29-,32-,33-,39+/m0/s1. The first-order chi connectivity index (χ1) is 25.0. The summed E-state index contributed by atoms with van der Waals surface area (Å²) in [5.41, 5.74) is 0.486. The van der Waals surface area contributed by atoms with Crippen molar-refractivity contribution in [2.45, 2.75) is 24.2 Å². The molecule has 1 N–H and O–H groups in total. The van der Waals surface area contributed by atoms with E-state index in [1.165, 1.54) is 31.4 Å². The minimum atomic E-state index is -1.55. The van der Waals surface area contributed by atoms with Gasteiger partial charge in [-0.05, 0) is 72.4 Å². The number of imide groups is 2. The Labute approximate surface area is 307 Å². The fourth-order valence-electron chi connectivity index (χ4n) is 9.01. The molecule has 52 heavy (non-hydrogen) atoms. The van der Waals surface area contributed by atoms with E-state index in [1.54, 1.807) is 60.7 Å². The number of phenols is 1. The number of hydrogen-bond donors (Lipinski definition) is 1. The molecule has 11 nitrogen and oxygen atoms in total. The number of nitro benzene ring substituents is 1. The Morgan fingerprint density at radius 2 is 1.58 bits per heavy atom. The first kappa shape index (κ1) is 33.6. The monoisotopic (exact) mass is 737 g/mol. The van der Waals surface area contributed by atoms with Crippen LogP contribution >= 0.6 is 23.2 Å². The first-order valence-electron chi connectivity index (χ1n) is 16.6. The van der Waals surface area contributed by atoms with Gasteiger partial charge in [0.2, 0.25) is 23.6 Å². The summed E-state index contributed by atoms with van der Waals surface area (Å²) in [5.74, 6) is -6.39. The Bertz CT molecular complexity index is 2240. The summed E-state index contributed by atoms with van der Waals surface area (Å²) < 4.78 is 5.50. The Morgan fingerprint density at radius 3 is 2.25 bits per heavy atom. The van der Waals surface area contributed by atoms with Gasteiger partial charge < -0.3 is 9.84 Å². The zero-order chi connectivity index (χ0) is 36.6. The number of aromatic hydroxyl groups is 1. The number of amides is 4. The van der Waals surface area contributed by atoms with Crippen molar-refractivity contribution in [1.82, 2.24) is 0 Å². The average Bonchev–Trinajstić information content (AvgIpc) is 3.53. The second-order valence-electron chi connectivity index (χ2n) is 13.4. The summed E-state index contributed by atoms with van der Waals surface area (Å²) in [7, 11) is 1.37. The Balaban J connectivity index is 1.35. The Morgan fingerprint density at radius 1 is 0.846 bits per heavy atom. The number of carbonyl (C=O) groups is 4. The number of hydrogen-bond acceptors (Lipinski definition) is 8. The molecule has 0 radical (unpaired) electrons.